The fraction of sp³-hybridized carbons (Fsp3) is 0.409. The molecule has 0 aliphatic carbocycles. The second-order valence-electron chi connectivity index (χ2n) is 8.10. The number of benzene rings is 2. The van der Waals surface area contributed by atoms with Crippen LogP contribution in [0.2, 0.25) is 18.1 Å². The van der Waals surface area contributed by atoms with Crippen molar-refractivity contribution in [2.45, 2.75) is 56.7 Å². The number of thioether (sulfide) groups is 1. The Morgan fingerprint density at radius 1 is 0.963 bits per heavy atom. The molecule has 0 saturated carbocycles. The normalized spacial score (nSPS) is 13.2. The summed E-state index contributed by atoms with van der Waals surface area (Å²) >= 11 is 1.50. The van der Waals surface area contributed by atoms with E-state index in [-0.39, 0.29) is 17.6 Å². The van der Waals surface area contributed by atoms with E-state index in [0.29, 0.717) is 5.75 Å². The second-order valence-corrected chi connectivity index (χ2v) is 13.9. The predicted octanol–water partition coefficient (Wildman–Crippen LogP) is 6.01. The maximum atomic E-state index is 12.8. The highest BCUT2D eigenvalue weighted by molar-refractivity contribution is 7.99. The van der Waals surface area contributed by atoms with Crippen LogP contribution in [-0.2, 0) is 26.3 Å². The summed E-state index contributed by atoms with van der Waals surface area (Å²) in [6.07, 6.45) is 0. The van der Waals surface area contributed by atoms with Crippen LogP contribution >= 0.6 is 11.8 Å². The molecule has 1 atom stereocenters. The van der Waals surface area contributed by atoms with E-state index >= 15 is 0 Å². The number of carbonyl (C=O) groups excluding carboxylic acids is 1. The lowest BCUT2D eigenvalue weighted by molar-refractivity contribution is -0.149. The number of hydrogen-bond donors (Lipinski definition) is 0. The van der Waals surface area contributed by atoms with Crippen LogP contribution in [0, 0.1) is 0 Å². The number of hydrogen-bond acceptors (Lipinski definition) is 4. The molecule has 0 aliphatic rings. The van der Waals surface area contributed by atoms with Crippen molar-refractivity contribution in [3.05, 3.63) is 71.8 Å². The van der Waals surface area contributed by atoms with Gasteiger partial charge in [-0.25, -0.2) is 4.79 Å². The summed E-state index contributed by atoms with van der Waals surface area (Å²) in [6.45, 7) is 11.1. The van der Waals surface area contributed by atoms with Crippen molar-refractivity contribution in [2.75, 3.05) is 0 Å². The van der Waals surface area contributed by atoms with E-state index in [1.165, 1.54) is 17.3 Å². The van der Waals surface area contributed by atoms with E-state index in [1.54, 1.807) is 0 Å². The summed E-state index contributed by atoms with van der Waals surface area (Å²) in [5.74, 6) is 0.408. The van der Waals surface area contributed by atoms with Crippen molar-refractivity contribution in [2.24, 2.45) is 0 Å². The number of esters is 1. The van der Waals surface area contributed by atoms with Gasteiger partial charge in [-0.1, -0.05) is 81.4 Å². The summed E-state index contributed by atoms with van der Waals surface area (Å²) in [7, 11) is -2.10. The van der Waals surface area contributed by atoms with E-state index in [0.717, 1.165) is 5.56 Å². The van der Waals surface area contributed by atoms with Crippen LogP contribution in [0.3, 0.4) is 0 Å². The topological polar surface area (TPSA) is 35.5 Å². The lowest BCUT2D eigenvalue weighted by Crippen LogP contribution is -2.45. The van der Waals surface area contributed by atoms with E-state index < -0.39 is 13.8 Å². The largest absolute Gasteiger partial charge is 0.458 e. The molecule has 0 amide bonds. The van der Waals surface area contributed by atoms with Gasteiger partial charge >= 0.3 is 5.97 Å². The molecule has 0 radical (unpaired) electrons. The third kappa shape index (κ3) is 6.83. The second kappa shape index (κ2) is 9.58. The fourth-order valence-electron chi connectivity index (χ4n) is 2.14. The van der Waals surface area contributed by atoms with Gasteiger partial charge in [0.2, 0.25) is 0 Å². The molecule has 2 rings (SSSR count). The molecule has 1 unspecified atom stereocenters. The van der Waals surface area contributed by atoms with Crippen molar-refractivity contribution in [1.82, 2.24) is 0 Å². The molecule has 2 aromatic rings. The molecule has 0 aliphatic heterocycles. The first-order chi connectivity index (χ1) is 12.7. The van der Waals surface area contributed by atoms with Crippen LogP contribution in [0.5, 0.6) is 0 Å². The Bertz CT molecular complexity index is 711. The first kappa shape index (κ1) is 21.7. The van der Waals surface area contributed by atoms with Crippen molar-refractivity contribution in [3.8, 4) is 0 Å². The van der Waals surface area contributed by atoms with Gasteiger partial charge < -0.3 is 9.16 Å². The molecule has 0 saturated heterocycles. The van der Waals surface area contributed by atoms with Crippen LogP contribution in [0.15, 0.2) is 60.7 Å². The summed E-state index contributed by atoms with van der Waals surface area (Å²) in [4.78, 5) is 12.8. The molecule has 146 valence electrons. The van der Waals surface area contributed by atoms with Crippen molar-refractivity contribution >= 4 is 26.0 Å². The first-order valence-electron chi connectivity index (χ1n) is 9.23. The molecule has 5 heteroatoms. The van der Waals surface area contributed by atoms with Crippen molar-refractivity contribution < 1.29 is 14.0 Å². The highest BCUT2D eigenvalue weighted by Gasteiger charge is 2.41. The number of ether oxygens (including phenoxy) is 1. The zero-order valence-corrected chi connectivity index (χ0v) is 18.7. The minimum Gasteiger partial charge on any atom is -0.458 e. The Morgan fingerprint density at radius 3 is 2.00 bits per heavy atom. The quantitative estimate of drug-likeness (QED) is 0.308. The fourth-order valence-corrected chi connectivity index (χ4v) is 4.86. The Labute approximate surface area is 168 Å². The van der Waals surface area contributed by atoms with Gasteiger partial charge in [-0.3, -0.25) is 0 Å². The highest BCUT2D eigenvalue weighted by atomic mass is 32.2. The van der Waals surface area contributed by atoms with Crippen LogP contribution in [0.1, 0.15) is 31.9 Å². The maximum absolute atomic E-state index is 12.8. The number of carbonyl (C=O) groups is 1. The molecule has 0 fully saturated rings. The summed E-state index contributed by atoms with van der Waals surface area (Å²) in [5.41, 5.74) is 1.53. The van der Waals surface area contributed by atoms with E-state index in [2.05, 4.69) is 46.0 Å². The van der Waals surface area contributed by atoms with Crippen LogP contribution in [-0.4, -0.2) is 19.7 Å². The average Bonchev–Trinajstić information content (AvgIpc) is 2.64. The maximum Gasteiger partial charge on any atom is 0.345 e. The van der Waals surface area contributed by atoms with Gasteiger partial charge in [0.1, 0.15) is 6.61 Å². The van der Waals surface area contributed by atoms with Crippen molar-refractivity contribution in [3.63, 3.8) is 0 Å². The SMILES string of the molecule is CC(C)(C)[Si](C)(C)OC(SCc1ccccc1)C(=O)OCc1ccccc1. The van der Waals surface area contributed by atoms with Gasteiger partial charge in [0, 0.05) is 5.75 Å². The van der Waals surface area contributed by atoms with Gasteiger partial charge in [0.05, 0.1) is 0 Å². The lowest BCUT2D eigenvalue weighted by atomic mass is 10.2. The van der Waals surface area contributed by atoms with Crippen LogP contribution in [0.4, 0.5) is 0 Å². The Balaban J connectivity index is 2.06. The van der Waals surface area contributed by atoms with Gasteiger partial charge in [0.25, 0.3) is 0 Å². The molecule has 2 aromatic carbocycles. The van der Waals surface area contributed by atoms with Gasteiger partial charge in [0.15, 0.2) is 13.8 Å². The standard InChI is InChI=1S/C22H30O3SSi/c1-22(2,3)27(4,5)25-21(26-17-19-14-10-7-11-15-19)20(23)24-16-18-12-8-6-9-13-18/h6-15,21H,16-17H2,1-5H3. The van der Waals surface area contributed by atoms with Gasteiger partial charge in [-0.05, 0) is 29.3 Å². The molecule has 0 N–H and O–H groups in total. The zero-order valence-electron chi connectivity index (χ0n) is 16.9. The van der Waals surface area contributed by atoms with Crippen LogP contribution in [0.25, 0.3) is 0 Å². The molecule has 0 bridgehead atoms. The van der Waals surface area contributed by atoms with E-state index in [1.807, 2.05) is 48.5 Å². The molecule has 27 heavy (non-hydrogen) atoms. The monoisotopic (exact) mass is 402 g/mol. The van der Waals surface area contributed by atoms with Crippen molar-refractivity contribution in [1.29, 1.82) is 0 Å². The molecular weight excluding hydrogens is 372 g/mol. The minimum atomic E-state index is -2.10. The Morgan fingerprint density at radius 2 is 1.48 bits per heavy atom. The third-order valence-electron chi connectivity index (χ3n) is 4.87. The highest BCUT2D eigenvalue weighted by Crippen LogP contribution is 2.39. The van der Waals surface area contributed by atoms with E-state index in [4.69, 9.17) is 9.16 Å². The third-order valence-corrected chi connectivity index (χ3v) is 10.6. The smallest absolute Gasteiger partial charge is 0.345 e. The van der Waals surface area contributed by atoms with Crippen LogP contribution < -0.4 is 0 Å². The zero-order chi connectivity index (χ0) is 19.9. The minimum absolute atomic E-state index is 0.0261. The van der Waals surface area contributed by atoms with Gasteiger partial charge in [-0.2, -0.15) is 0 Å². The molecule has 3 nitrogen and oxygen atoms in total. The summed E-state index contributed by atoms with van der Waals surface area (Å²) < 4.78 is 12.0. The molecular formula is C22H30O3SSi. The number of rotatable bonds is 8. The Kier molecular flexibility index (Phi) is 7.71. The Hall–Kier alpha value is -1.56. The molecule has 0 aromatic heterocycles. The van der Waals surface area contributed by atoms with E-state index in [9.17, 15) is 4.79 Å². The first-order valence-corrected chi connectivity index (χ1v) is 13.2. The predicted molar refractivity (Wildman–Crippen MR) is 116 cm³/mol. The van der Waals surface area contributed by atoms with Gasteiger partial charge in [-0.15, -0.1) is 11.8 Å². The average molecular weight is 403 g/mol. The lowest BCUT2D eigenvalue weighted by Gasteiger charge is -2.38. The molecule has 0 spiro atoms. The summed E-state index contributed by atoms with van der Waals surface area (Å²) in [5, 5.41) is 0.0261. The summed E-state index contributed by atoms with van der Waals surface area (Å²) in [6, 6.07) is 19.9. The molecule has 0 heterocycles.